The van der Waals surface area contributed by atoms with Crippen LogP contribution in [-0.2, 0) is 14.3 Å². The maximum absolute atomic E-state index is 12.3. The second-order valence-electron chi connectivity index (χ2n) is 8.67. The van der Waals surface area contributed by atoms with Crippen molar-refractivity contribution in [2.75, 3.05) is 7.11 Å². The van der Waals surface area contributed by atoms with Crippen molar-refractivity contribution in [3.8, 4) is 0 Å². The van der Waals surface area contributed by atoms with E-state index in [0.29, 0.717) is 18.7 Å². The molecule has 5 nitrogen and oxygen atoms in total. The molecule has 0 amide bonds. The number of carbonyl (C=O) groups excluding carboxylic acids is 1. The molecule has 1 aromatic carbocycles. The fourth-order valence-electron chi connectivity index (χ4n) is 4.27. The minimum Gasteiger partial charge on any atom is -0.471 e. The molecule has 0 aromatic heterocycles. The molecule has 5 heteroatoms. The van der Waals surface area contributed by atoms with Crippen LogP contribution in [0.25, 0.3) is 0 Å². The van der Waals surface area contributed by atoms with Crippen LogP contribution in [0.5, 0.6) is 0 Å². The van der Waals surface area contributed by atoms with Crippen molar-refractivity contribution in [1.29, 1.82) is 0 Å². The maximum atomic E-state index is 12.3. The molecule has 1 heterocycles. The molecule has 1 aliphatic rings. The van der Waals surface area contributed by atoms with Crippen molar-refractivity contribution in [3.05, 3.63) is 35.9 Å². The van der Waals surface area contributed by atoms with Crippen molar-refractivity contribution in [3.63, 3.8) is 0 Å². The number of hydrogen-bond donors (Lipinski definition) is 1. The van der Waals surface area contributed by atoms with Crippen LogP contribution in [0.1, 0.15) is 71.8 Å². The van der Waals surface area contributed by atoms with Gasteiger partial charge < -0.3 is 14.6 Å². The number of unbranched alkanes of at least 4 members (excludes halogenated alkanes) is 3. The van der Waals surface area contributed by atoms with Crippen LogP contribution in [0.3, 0.4) is 0 Å². The Labute approximate surface area is 175 Å². The second-order valence-corrected chi connectivity index (χ2v) is 8.67. The number of aliphatic imine (C=N–C) groups is 1. The largest absolute Gasteiger partial charge is 0.471 e. The summed E-state index contributed by atoms with van der Waals surface area (Å²) in [7, 11) is 1.39. The molecule has 4 atom stereocenters. The lowest BCUT2D eigenvalue weighted by Crippen LogP contribution is -2.44. The molecule has 0 radical (unpaired) electrons. The third-order valence-corrected chi connectivity index (χ3v) is 5.79. The first-order valence-corrected chi connectivity index (χ1v) is 10.9. The smallest absolute Gasteiger partial charge is 0.311 e. The van der Waals surface area contributed by atoms with Crippen molar-refractivity contribution in [1.82, 2.24) is 0 Å². The highest BCUT2D eigenvalue weighted by atomic mass is 16.5. The molecule has 1 N–H and O–H groups in total. The van der Waals surface area contributed by atoms with E-state index >= 15 is 0 Å². The molecule has 0 aliphatic carbocycles. The molecule has 0 saturated heterocycles. The van der Waals surface area contributed by atoms with Crippen LogP contribution in [0.15, 0.2) is 35.3 Å². The molecular weight excluding hydrogens is 366 g/mol. The van der Waals surface area contributed by atoms with Gasteiger partial charge in [0.25, 0.3) is 0 Å². The average Bonchev–Trinajstić information content (AvgIpc) is 3.05. The minimum atomic E-state index is -0.821. The van der Waals surface area contributed by atoms with Crippen molar-refractivity contribution < 1.29 is 19.4 Å². The van der Waals surface area contributed by atoms with Gasteiger partial charge in [0.2, 0.25) is 5.90 Å². The topological polar surface area (TPSA) is 68.1 Å². The molecule has 0 saturated carbocycles. The fraction of sp³-hybridized carbons (Fsp3) is 0.667. The summed E-state index contributed by atoms with van der Waals surface area (Å²) in [6.07, 6.45) is 4.24. The number of rotatable bonds is 11. The number of nitrogens with zero attached hydrogens (tertiary/aromatic N) is 1. The van der Waals surface area contributed by atoms with E-state index in [9.17, 15) is 9.90 Å². The molecule has 0 spiro atoms. The number of benzene rings is 1. The van der Waals surface area contributed by atoms with Crippen molar-refractivity contribution in [2.45, 2.75) is 84.0 Å². The van der Waals surface area contributed by atoms with E-state index in [2.05, 4.69) is 20.8 Å². The second kappa shape index (κ2) is 10.8. The Hall–Kier alpha value is -1.88. The summed E-state index contributed by atoms with van der Waals surface area (Å²) in [6, 6.07) is 9.83. The fourth-order valence-corrected chi connectivity index (χ4v) is 4.27. The predicted octanol–water partition coefficient (Wildman–Crippen LogP) is 4.76. The lowest BCUT2D eigenvalue weighted by molar-refractivity contribution is -0.150. The summed E-state index contributed by atoms with van der Waals surface area (Å²) in [6.45, 7) is 8.37. The normalized spacial score (nSPS) is 23.4. The first-order chi connectivity index (χ1) is 13.8. The van der Waals surface area contributed by atoms with E-state index in [1.54, 1.807) is 0 Å². The summed E-state index contributed by atoms with van der Waals surface area (Å²) in [5.74, 6) is -0.0443. The minimum absolute atomic E-state index is 0.161. The summed E-state index contributed by atoms with van der Waals surface area (Å²) in [5.41, 5.74) is 0.328. The highest BCUT2D eigenvalue weighted by Crippen LogP contribution is 2.37. The number of hydrogen-bond acceptors (Lipinski definition) is 5. The highest BCUT2D eigenvalue weighted by molar-refractivity contribution is 5.95. The number of esters is 1. The van der Waals surface area contributed by atoms with Gasteiger partial charge in [0.1, 0.15) is 11.6 Å². The van der Waals surface area contributed by atoms with E-state index in [1.165, 1.54) is 7.11 Å². The Kier molecular flexibility index (Phi) is 8.69. The molecule has 3 unspecified atom stereocenters. The summed E-state index contributed by atoms with van der Waals surface area (Å²) >= 11 is 0. The van der Waals surface area contributed by atoms with Gasteiger partial charge in [-0.3, -0.25) is 4.79 Å². The number of ether oxygens (including phenoxy) is 2. The third-order valence-electron chi connectivity index (χ3n) is 5.79. The summed E-state index contributed by atoms with van der Waals surface area (Å²) in [4.78, 5) is 17.2. The lowest BCUT2D eigenvalue weighted by Gasteiger charge is -2.33. The van der Waals surface area contributed by atoms with Gasteiger partial charge in [-0.1, -0.05) is 64.7 Å². The van der Waals surface area contributed by atoms with Gasteiger partial charge in [-0.05, 0) is 31.4 Å². The number of methoxy groups -OCH3 is 1. The quantitative estimate of drug-likeness (QED) is 0.427. The van der Waals surface area contributed by atoms with E-state index in [0.717, 1.165) is 31.2 Å². The average molecular weight is 404 g/mol. The van der Waals surface area contributed by atoms with Crippen LogP contribution in [-0.4, -0.2) is 41.8 Å². The van der Waals surface area contributed by atoms with Gasteiger partial charge in [0.15, 0.2) is 0 Å². The first kappa shape index (κ1) is 23.4. The van der Waals surface area contributed by atoms with Crippen LogP contribution in [0.4, 0.5) is 0 Å². The SMILES string of the molecule is CCCCCCC(C(=O)OC)C(O)CC1(C)N=C(c2ccccc2)O[C@H]1C(C)C. The van der Waals surface area contributed by atoms with Gasteiger partial charge in [-0.2, -0.15) is 0 Å². The monoisotopic (exact) mass is 403 g/mol. The lowest BCUT2D eigenvalue weighted by atomic mass is 9.80. The number of aliphatic hydroxyl groups is 1. The van der Waals surface area contributed by atoms with Crippen LogP contribution in [0.2, 0.25) is 0 Å². The molecule has 1 aliphatic heterocycles. The van der Waals surface area contributed by atoms with Crippen LogP contribution in [0, 0.1) is 11.8 Å². The van der Waals surface area contributed by atoms with Gasteiger partial charge in [-0.25, -0.2) is 4.99 Å². The molecule has 0 bridgehead atoms. The van der Waals surface area contributed by atoms with Crippen LogP contribution < -0.4 is 0 Å². The number of carbonyl (C=O) groups is 1. The van der Waals surface area contributed by atoms with E-state index < -0.39 is 17.6 Å². The zero-order valence-corrected chi connectivity index (χ0v) is 18.6. The molecule has 162 valence electrons. The standard InChI is InChI=1S/C24H37NO4/c1-6-7-8-12-15-19(23(27)28-5)20(26)16-24(4)21(17(2)3)29-22(25-24)18-13-10-9-11-14-18/h9-11,13-14,17,19-21,26H,6-8,12,15-16H2,1-5H3/t19?,20?,21-,24?/m0/s1. The van der Waals surface area contributed by atoms with E-state index in [-0.39, 0.29) is 18.0 Å². The molecule has 0 fully saturated rings. The summed E-state index contributed by atoms with van der Waals surface area (Å²) in [5, 5.41) is 11.0. The Morgan fingerprint density at radius 3 is 2.52 bits per heavy atom. The number of aliphatic hydroxyl groups excluding tert-OH is 1. The Morgan fingerprint density at radius 1 is 1.24 bits per heavy atom. The highest BCUT2D eigenvalue weighted by Gasteiger charge is 2.47. The van der Waals surface area contributed by atoms with Gasteiger partial charge in [0.05, 0.1) is 19.1 Å². The van der Waals surface area contributed by atoms with Gasteiger partial charge >= 0.3 is 5.97 Å². The third kappa shape index (κ3) is 6.05. The zero-order chi connectivity index (χ0) is 21.4. The van der Waals surface area contributed by atoms with Crippen molar-refractivity contribution >= 4 is 11.9 Å². The molecule has 2 rings (SSSR count). The van der Waals surface area contributed by atoms with Crippen LogP contribution >= 0.6 is 0 Å². The van der Waals surface area contributed by atoms with Gasteiger partial charge in [-0.15, -0.1) is 0 Å². The maximum Gasteiger partial charge on any atom is 0.311 e. The predicted molar refractivity (Wildman–Crippen MR) is 116 cm³/mol. The Bertz CT molecular complexity index is 673. The molecule has 29 heavy (non-hydrogen) atoms. The van der Waals surface area contributed by atoms with Crippen molar-refractivity contribution in [2.24, 2.45) is 16.8 Å². The Morgan fingerprint density at radius 2 is 1.93 bits per heavy atom. The molecule has 1 aromatic rings. The van der Waals surface area contributed by atoms with E-state index in [1.807, 2.05) is 37.3 Å². The van der Waals surface area contributed by atoms with E-state index in [4.69, 9.17) is 14.5 Å². The van der Waals surface area contributed by atoms with Gasteiger partial charge in [0, 0.05) is 12.0 Å². The molecular formula is C24H37NO4. The summed E-state index contributed by atoms with van der Waals surface area (Å²) < 4.78 is 11.2. The zero-order valence-electron chi connectivity index (χ0n) is 18.6. The Balaban J connectivity index is 2.19. The first-order valence-electron chi connectivity index (χ1n) is 10.9.